The van der Waals surface area contributed by atoms with Gasteiger partial charge in [0.05, 0.1) is 17.1 Å². The Labute approximate surface area is 138 Å². The number of hydrogen-bond donors (Lipinski definition) is 2. The van der Waals surface area contributed by atoms with E-state index in [0.717, 1.165) is 31.5 Å². The lowest BCUT2D eigenvalue weighted by Crippen LogP contribution is -2.27. The van der Waals surface area contributed by atoms with Crippen LogP contribution in [0.15, 0.2) is 16.7 Å². The molecule has 1 fully saturated rings. The summed E-state index contributed by atoms with van der Waals surface area (Å²) in [4.78, 5) is 11.8. The summed E-state index contributed by atoms with van der Waals surface area (Å²) in [6.45, 7) is 3.57. The number of aromatic nitrogens is 1. The molecule has 0 spiro atoms. The number of nitrogens with zero attached hydrogens (tertiary/aromatic N) is 2. The number of fused-ring (bicyclic) bond motifs is 1. The highest BCUT2D eigenvalue weighted by Crippen LogP contribution is 2.42. The maximum absolute atomic E-state index is 14.8. The molecule has 1 aromatic heterocycles. The lowest BCUT2D eigenvalue weighted by molar-refractivity contribution is 0.256. The highest BCUT2D eigenvalue weighted by Gasteiger charge is 2.31. The van der Waals surface area contributed by atoms with Gasteiger partial charge in [-0.25, -0.2) is 9.18 Å². The molecule has 0 aliphatic carbocycles. The van der Waals surface area contributed by atoms with Crippen molar-refractivity contribution in [1.82, 2.24) is 15.8 Å². The Morgan fingerprint density at radius 3 is 2.83 bits per heavy atom. The largest absolute Gasteiger partial charge is 0.361 e. The van der Waals surface area contributed by atoms with E-state index in [1.807, 2.05) is 0 Å². The van der Waals surface area contributed by atoms with Crippen molar-refractivity contribution in [2.24, 2.45) is 0 Å². The minimum absolute atomic E-state index is 0.217. The van der Waals surface area contributed by atoms with Crippen LogP contribution in [0.4, 0.5) is 20.6 Å². The molecule has 7 heteroatoms. The van der Waals surface area contributed by atoms with Crippen molar-refractivity contribution in [3.63, 3.8) is 0 Å². The number of hydrogen-bond acceptors (Lipinski definition) is 4. The summed E-state index contributed by atoms with van der Waals surface area (Å²) in [5.41, 5.74) is 2.93. The molecule has 4 rings (SSSR count). The van der Waals surface area contributed by atoms with Crippen molar-refractivity contribution in [1.29, 1.82) is 0 Å². The molecule has 0 unspecified atom stereocenters. The fourth-order valence-electron chi connectivity index (χ4n) is 3.49. The number of halogens is 1. The normalized spacial score (nSPS) is 17.5. The Balaban J connectivity index is 1.75. The van der Waals surface area contributed by atoms with Gasteiger partial charge in [0.25, 0.3) is 0 Å². The Hall–Kier alpha value is -2.41. The molecule has 2 aliphatic rings. The second-order valence-corrected chi connectivity index (χ2v) is 6.32. The summed E-state index contributed by atoms with van der Waals surface area (Å²) < 4.78 is 19.9. The van der Waals surface area contributed by atoms with Crippen LogP contribution in [0.25, 0.3) is 0 Å². The molecule has 2 amide bonds. The van der Waals surface area contributed by atoms with E-state index in [-0.39, 0.29) is 18.2 Å². The number of benzene rings is 1. The molecule has 1 saturated heterocycles. The molecule has 125 valence electrons. The summed E-state index contributed by atoms with van der Waals surface area (Å²) in [5, 5.41) is 14.0. The van der Waals surface area contributed by atoms with Gasteiger partial charge >= 0.3 is 6.03 Å². The molecular formula is C17H18FN4O2. The number of urea groups is 1. The van der Waals surface area contributed by atoms with Crippen LogP contribution in [0.1, 0.15) is 41.3 Å². The summed E-state index contributed by atoms with van der Waals surface area (Å²) in [6.07, 6.45) is 2.09. The zero-order valence-corrected chi connectivity index (χ0v) is 13.4. The first kappa shape index (κ1) is 15.1. The van der Waals surface area contributed by atoms with Crippen LogP contribution < -0.4 is 16.0 Å². The summed E-state index contributed by atoms with van der Waals surface area (Å²) >= 11 is 0. The topological polar surface area (TPSA) is 81.3 Å². The Kier molecular flexibility index (Phi) is 3.72. The molecule has 2 aliphatic heterocycles. The average Bonchev–Trinajstić information content (AvgIpc) is 3.16. The van der Waals surface area contributed by atoms with E-state index in [9.17, 15) is 9.18 Å². The summed E-state index contributed by atoms with van der Waals surface area (Å²) in [6, 6.07) is 2.87. The third kappa shape index (κ3) is 2.65. The van der Waals surface area contributed by atoms with Gasteiger partial charge in [-0.3, -0.25) is 0 Å². The van der Waals surface area contributed by atoms with Crippen LogP contribution >= 0.6 is 0 Å². The SMILES string of the molecule is Cc1cc(Cc2c(F)cc(C3CCNCC3)c3c2NC(=O)[N]3)no1. The summed E-state index contributed by atoms with van der Waals surface area (Å²) in [7, 11) is 0. The van der Waals surface area contributed by atoms with E-state index in [1.54, 1.807) is 19.1 Å². The monoisotopic (exact) mass is 329 g/mol. The van der Waals surface area contributed by atoms with Crippen LogP contribution in [0.5, 0.6) is 0 Å². The number of carbonyl (C=O) groups excluding carboxylic acids is 1. The van der Waals surface area contributed by atoms with E-state index in [0.29, 0.717) is 28.4 Å². The van der Waals surface area contributed by atoms with E-state index < -0.39 is 6.03 Å². The minimum atomic E-state index is -0.441. The van der Waals surface area contributed by atoms with Gasteiger partial charge in [-0.1, -0.05) is 5.16 Å². The summed E-state index contributed by atoms with van der Waals surface area (Å²) in [5.74, 6) is 0.553. The Morgan fingerprint density at radius 1 is 1.33 bits per heavy atom. The van der Waals surface area contributed by atoms with Crippen molar-refractivity contribution in [2.75, 3.05) is 18.4 Å². The predicted octanol–water partition coefficient (Wildman–Crippen LogP) is 2.96. The first-order valence-corrected chi connectivity index (χ1v) is 8.12. The van der Waals surface area contributed by atoms with Crippen molar-refractivity contribution in [3.05, 3.63) is 40.5 Å². The highest BCUT2D eigenvalue weighted by molar-refractivity contribution is 6.04. The van der Waals surface area contributed by atoms with E-state index >= 15 is 0 Å². The van der Waals surface area contributed by atoms with Crippen LogP contribution in [0.3, 0.4) is 0 Å². The van der Waals surface area contributed by atoms with Gasteiger partial charge in [0.2, 0.25) is 0 Å². The number of nitrogens with one attached hydrogen (secondary N) is 2. The first-order chi connectivity index (χ1) is 11.6. The quantitative estimate of drug-likeness (QED) is 0.907. The van der Waals surface area contributed by atoms with Crippen LogP contribution in [0.2, 0.25) is 0 Å². The minimum Gasteiger partial charge on any atom is -0.361 e. The Bertz CT molecular complexity index is 796. The molecule has 24 heavy (non-hydrogen) atoms. The smallest absolute Gasteiger partial charge is 0.346 e. The second-order valence-electron chi connectivity index (χ2n) is 6.32. The van der Waals surface area contributed by atoms with Crippen molar-refractivity contribution < 1.29 is 13.7 Å². The van der Waals surface area contributed by atoms with Gasteiger partial charge in [-0.05, 0) is 50.4 Å². The fourth-order valence-corrected chi connectivity index (χ4v) is 3.49. The fraction of sp³-hybridized carbons (Fsp3) is 0.412. The van der Waals surface area contributed by atoms with E-state index in [2.05, 4.69) is 21.1 Å². The van der Waals surface area contributed by atoms with Crippen molar-refractivity contribution >= 4 is 17.4 Å². The maximum atomic E-state index is 14.8. The molecule has 2 aromatic rings. The molecule has 0 bridgehead atoms. The molecular weight excluding hydrogens is 311 g/mol. The number of amides is 2. The molecule has 2 N–H and O–H groups in total. The second kappa shape index (κ2) is 5.90. The number of aryl methyl sites for hydroxylation is 1. The van der Waals surface area contributed by atoms with Crippen LogP contribution in [-0.4, -0.2) is 24.3 Å². The molecule has 6 nitrogen and oxygen atoms in total. The van der Waals surface area contributed by atoms with Gasteiger partial charge in [0.15, 0.2) is 0 Å². The zero-order chi connectivity index (χ0) is 16.7. The van der Waals surface area contributed by atoms with Gasteiger partial charge in [-0.2, -0.15) is 5.32 Å². The third-order valence-electron chi connectivity index (χ3n) is 4.64. The lowest BCUT2D eigenvalue weighted by Gasteiger charge is -2.25. The molecule has 0 atom stereocenters. The molecule has 1 radical (unpaired) electrons. The van der Waals surface area contributed by atoms with Gasteiger partial charge in [0, 0.05) is 18.1 Å². The van der Waals surface area contributed by atoms with Crippen molar-refractivity contribution in [2.45, 2.75) is 32.1 Å². The Morgan fingerprint density at radius 2 is 2.12 bits per heavy atom. The molecule has 1 aromatic carbocycles. The van der Waals surface area contributed by atoms with Crippen LogP contribution in [0, 0.1) is 12.7 Å². The predicted molar refractivity (Wildman–Crippen MR) is 86.1 cm³/mol. The number of carbonyl (C=O) groups is 1. The highest BCUT2D eigenvalue weighted by atomic mass is 19.1. The third-order valence-corrected chi connectivity index (χ3v) is 4.64. The maximum Gasteiger partial charge on any atom is 0.346 e. The van der Waals surface area contributed by atoms with E-state index in [1.165, 1.54) is 0 Å². The standard InChI is InChI=1S/C17H18FN4O2/c1-9-6-11(22-24-9)7-13-14(18)8-12(10-2-4-19-5-3-10)15-16(13)21-17(23)20-15/h6,8,10,19H,2-5,7H2,1H3,(H,21,23). The zero-order valence-electron chi connectivity index (χ0n) is 13.4. The number of piperidine rings is 1. The molecule has 0 saturated carbocycles. The van der Waals surface area contributed by atoms with Crippen LogP contribution in [-0.2, 0) is 6.42 Å². The molecule has 3 heterocycles. The number of rotatable bonds is 3. The first-order valence-electron chi connectivity index (χ1n) is 8.12. The average molecular weight is 329 g/mol. The van der Waals surface area contributed by atoms with E-state index in [4.69, 9.17) is 4.52 Å². The lowest BCUT2D eigenvalue weighted by atomic mass is 9.87. The number of anilines is 1. The van der Waals surface area contributed by atoms with Gasteiger partial charge in [-0.15, -0.1) is 0 Å². The van der Waals surface area contributed by atoms with Crippen molar-refractivity contribution in [3.8, 4) is 0 Å². The van der Waals surface area contributed by atoms with Gasteiger partial charge < -0.3 is 15.2 Å². The van der Waals surface area contributed by atoms with Gasteiger partial charge in [0.1, 0.15) is 11.6 Å².